The minimum Gasteiger partial charge on any atom is -0.489 e. The van der Waals surface area contributed by atoms with E-state index in [4.69, 9.17) is 4.74 Å². The van der Waals surface area contributed by atoms with Crippen molar-refractivity contribution >= 4 is 22.9 Å². The molecule has 1 aliphatic carbocycles. The van der Waals surface area contributed by atoms with E-state index in [1.807, 2.05) is 103 Å². The summed E-state index contributed by atoms with van der Waals surface area (Å²) in [6.45, 7) is 0.470. The summed E-state index contributed by atoms with van der Waals surface area (Å²) in [6.07, 6.45) is 2.10. The number of anilines is 2. The normalized spacial score (nSPS) is 16.4. The molecule has 0 bridgehead atoms. The molecule has 4 aromatic rings. The average Bonchev–Trinajstić information content (AvgIpc) is 3.14. The van der Waals surface area contributed by atoms with Crippen LogP contribution >= 0.6 is 0 Å². The number of rotatable bonds is 6. The van der Waals surface area contributed by atoms with E-state index in [2.05, 4.69) is 10.6 Å². The Kier molecular flexibility index (Phi) is 6.49. The number of carbonyl (C=O) groups excluding carboxylic acids is 2. The van der Waals surface area contributed by atoms with Gasteiger partial charge in [-0.1, -0.05) is 72.8 Å². The topological polar surface area (TPSA) is 67.4 Å². The molecule has 0 fully saturated rings. The van der Waals surface area contributed by atoms with Crippen LogP contribution in [0.2, 0.25) is 0 Å². The van der Waals surface area contributed by atoms with Crippen LogP contribution in [0.25, 0.3) is 0 Å². The van der Waals surface area contributed by atoms with Crippen molar-refractivity contribution in [2.75, 3.05) is 10.6 Å². The number of hydrogen-bond acceptors (Lipinski definition) is 5. The molecule has 0 aromatic heterocycles. The van der Waals surface area contributed by atoms with Gasteiger partial charge in [-0.15, -0.1) is 0 Å². The second kappa shape index (κ2) is 10.4. The van der Waals surface area contributed by atoms with Gasteiger partial charge < -0.3 is 15.4 Å². The van der Waals surface area contributed by atoms with Crippen molar-refractivity contribution in [1.29, 1.82) is 0 Å². The number of hydrogen-bond donors (Lipinski definition) is 2. The number of nitrogens with one attached hydrogen (secondary N) is 2. The zero-order valence-corrected chi connectivity index (χ0v) is 20.9. The number of carbonyl (C=O) groups is 2. The third-order valence-electron chi connectivity index (χ3n) is 7.09. The number of ether oxygens (including phenoxy) is 1. The Morgan fingerprint density at radius 1 is 0.789 bits per heavy atom. The molecule has 0 radical (unpaired) electrons. The third-order valence-corrected chi connectivity index (χ3v) is 7.09. The Bertz CT molecular complexity index is 1530. The highest BCUT2D eigenvalue weighted by molar-refractivity contribution is 6.10. The van der Waals surface area contributed by atoms with E-state index < -0.39 is 0 Å². The van der Waals surface area contributed by atoms with Crippen LogP contribution in [0.1, 0.15) is 52.4 Å². The summed E-state index contributed by atoms with van der Waals surface area (Å²) in [5.74, 6) is 0.855. The number of fused-ring (bicyclic) bond motifs is 1. The van der Waals surface area contributed by atoms with Crippen molar-refractivity contribution in [2.45, 2.75) is 31.9 Å². The molecule has 0 saturated heterocycles. The van der Waals surface area contributed by atoms with Gasteiger partial charge in [-0.05, 0) is 54.3 Å². The first-order chi connectivity index (χ1) is 18.7. The van der Waals surface area contributed by atoms with Crippen molar-refractivity contribution in [1.82, 2.24) is 0 Å². The van der Waals surface area contributed by atoms with Gasteiger partial charge in [0.15, 0.2) is 11.6 Å². The van der Waals surface area contributed by atoms with Crippen LogP contribution in [0.15, 0.2) is 114 Å². The SMILES string of the molecule is O=C1CCCC2=C1[C@@H](c1cccc(OCc3ccccc3)c1)Nc1ccc(C(=O)c3ccccc3)cc1N2. The molecule has 2 N–H and O–H groups in total. The summed E-state index contributed by atoms with van der Waals surface area (Å²) < 4.78 is 6.09. The second-order valence-electron chi connectivity index (χ2n) is 9.67. The molecule has 1 atom stereocenters. The van der Waals surface area contributed by atoms with Crippen LogP contribution in [-0.2, 0) is 11.4 Å². The molecule has 2 aliphatic rings. The Morgan fingerprint density at radius 2 is 1.58 bits per heavy atom. The van der Waals surface area contributed by atoms with Gasteiger partial charge in [-0.3, -0.25) is 9.59 Å². The zero-order valence-electron chi connectivity index (χ0n) is 20.9. The lowest BCUT2D eigenvalue weighted by molar-refractivity contribution is -0.116. The maximum absolute atomic E-state index is 13.2. The van der Waals surface area contributed by atoms with Gasteiger partial charge in [0.1, 0.15) is 12.4 Å². The van der Waals surface area contributed by atoms with Gasteiger partial charge in [0.2, 0.25) is 0 Å². The van der Waals surface area contributed by atoms with Crippen LogP contribution in [0, 0.1) is 0 Å². The highest BCUT2D eigenvalue weighted by atomic mass is 16.5. The van der Waals surface area contributed by atoms with Crippen LogP contribution in [-0.4, -0.2) is 11.6 Å². The Morgan fingerprint density at radius 3 is 2.39 bits per heavy atom. The van der Waals surface area contributed by atoms with Crippen molar-refractivity contribution in [3.63, 3.8) is 0 Å². The van der Waals surface area contributed by atoms with Crippen LogP contribution < -0.4 is 15.4 Å². The van der Waals surface area contributed by atoms with Crippen LogP contribution in [0.4, 0.5) is 11.4 Å². The van der Waals surface area contributed by atoms with Gasteiger partial charge in [0.25, 0.3) is 0 Å². The number of Topliss-reactive ketones (excluding diaryl/α,β-unsaturated/α-hetero) is 1. The first-order valence-corrected chi connectivity index (χ1v) is 13.0. The average molecular weight is 501 g/mol. The molecule has 4 aromatic carbocycles. The predicted octanol–water partition coefficient (Wildman–Crippen LogP) is 7.08. The minimum atomic E-state index is -0.331. The Balaban J connectivity index is 1.34. The van der Waals surface area contributed by atoms with Crippen molar-refractivity contribution in [3.8, 4) is 5.75 Å². The summed E-state index contributed by atoms with van der Waals surface area (Å²) in [7, 11) is 0. The fourth-order valence-electron chi connectivity index (χ4n) is 5.16. The quantitative estimate of drug-likeness (QED) is 0.277. The molecule has 5 nitrogen and oxygen atoms in total. The first-order valence-electron chi connectivity index (χ1n) is 13.0. The zero-order chi connectivity index (χ0) is 25.9. The van der Waals surface area contributed by atoms with Crippen molar-refractivity contribution in [3.05, 3.63) is 137 Å². The smallest absolute Gasteiger partial charge is 0.193 e. The summed E-state index contributed by atoms with van der Waals surface area (Å²) >= 11 is 0. The lowest BCUT2D eigenvalue weighted by atomic mass is 9.86. The molecular formula is C33H28N2O3. The van der Waals surface area contributed by atoms with Crippen LogP contribution in [0.3, 0.4) is 0 Å². The van der Waals surface area contributed by atoms with Crippen molar-refractivity contribution in [2.24, 2.45) is 0 Å². The first kappa shape index (κ1) is 23.7. The molecule has 0 unspecified atom stereocenters. The van der Waals surface area contributed by atoms with E-state index in [0.717, 1.165) is 52.4 Å². The van der Waals surface area contributed by atoms with Crippen LogP contribution in [0.5, 0.6) is 5.75 Å². The van der Waals surface area contributed by atoms with E-state index in [9.17, 15) is 9.59 Å². The van der Waals surface area contributed by atoms with Gasteiger partial charge in [0, 0.05) is 28.8 Å². The second-order valence-corrected chi connectivity index (χ2v) is 9.67. The maximum atomic E-state index is 13.2. The molecule has 6 rings (SSSR count). The molecule has 5 heteroatoms. The fraction of sp³-hybridized carbons (Fsp3) is 0.152. The monoisotopic (exact) mass is 500 g/mol. The maximum Gasteiger partial charge on any atom is 0.193 e. The standard InChI is InChI=1S/C33H28N2O3/c36-30-16-8-15-28-31(30)32(24-13-7-14-26(19-24)38-21-22-9-3-1-4-10-22)35-27-18-17-25(20-29(27)34-28)33(37)23-11-5-2-6-12-23/h1-7,9-14,17-20,32,34-35H,8,15-16,21H2/t32-/m1/s1. The molecule has 0 amide bonds. The fourth-order valence-corrected chi connectivity index (χ4v) is 5.16. The van der Waals surface area contributed by atoms with E-state index in [0.29, 0.717) is 24.2 Å². The highest BCUT2D eigenvalue weighted by Crippen LogP contribution is 2.41. The molecule has 38 heavy (non-hydrogen) atoms. The summed E-state index contributed by atoms with van der Waals surface area (Å²) in [4.78, 5) is 26.4. The largest absolute Gasteiger partial charge is 0.489 e. The summed E-state index contributed by atoms with van der Waals surface area (Å²) in [5, 5.41) is 7.12. The van der Waals surface area contributed by atoms with Gasteiger partial charge >= 0.3 is 0 Å². The number of ketones is 2. The molecule has 0 spiro atoms. The summed E-state index contributed by atoms with van der Waals surface area (Å²) in [6, 6.07) is 32.6. The molecular weight excluding hydrogens is 472 g/mol. The Labute approximate surface area is 222 Å². The number of benzene rings is 4. The predicted molar refractivity (Wildman–Crippen MR) is 149 cm³/mol. The lowest BCUT2D eigenvalue weighted by Gasteiger charge is -2.25. The number of allylic oxidation sites excluding steroid dienone is 1. The molecule has 0 saturated carbocycles. The van der Waals surface area contributed by atoms with Gasteiger partial charge in [-0.25, -0.2) is 0 Å². The van der Waals surface area contributed by atoms with E-state index in [1.165, 1.54) is 0 Å². The highest BCUT2D eigenvalue weighted by Gasteiger charge is 2.32. The molecule has 1 aliphatic heterocycles. The Hall–Kier alpha value is -4.64. The summed E-state index contributed by atoms with van der Waals surface area (Å²) in [5.41, 5.74) is 6.61. The van der Waals surface area contributed by atoms with Gasteiger partial charge in [0.05, 0.1) is 17.4 Å². The molecule has 188 valence electrons. The minimum absolute atomic E-state index is 0.0341. The lowest BCUT2D eigenvalue weighted by Crippen LogP contribution is -2.23. The van der Waals surface area contributed by atoms with E-state index >= 15 is 0 Å². The van der Waals surface area contributed by atoms with Gasteiger partial charge in [-0.2, -0.15) is 0 Å². The van der Waals surface area contributed by atoms with E-state index in [1.54, 1.807) is 0 Å². The van der Waals surface area contributed by atoms with Crippen molar-refractivity contribution < 1.29 is 14.3 Å². The third kappa shape index (κ3) is 4.83. The van der Waals surface area contributed by atoms with E-state index in [-0.39, 0.29) is 17.6 Å². The molecule has 1 heterocycles.